The molecule has 1 heterocycles. The Kier molecular flexibility index (Phi) is 3.40. The van der Waals surface area contributed by atoms with Crippen LogP contribution >= 0.6 is 0 Å². The fraction of sp³-hybridized carbons (Fsp3) is 0.500. The lowest BCUT2D eigenvalue weighted by molar-refractivity contribution is 0.453. The van der Waals surface area contributed by atoms with Gasteiger partial charge in [-0.15, -0.1) is 0 Å². The minimum atomic E-state index is -2.76. The lowest BCUT2D eigenvalue weighted by Gasteiger charge is -2.28. The molecule has 2 N–H and O–H groups in total. The maximum Gasteiger partial charge on any atom is 0.153 e. The van der Waals surface area contributed by atoms with Gasteiger partial charge in [0.1, 0.15) is 5.75 Å². The molecule has 1 aromatic rings. The summed E-state index contributed by atoms with van der Waals surface area (Å²) in [6.45, 7) is 2.69. The molecule has 1 aliphatic heterocycles. The number of hydrogen-bond acceptors (Lipinski definition) is 4. The predicted octanol–water partition coefficient (Wildman–Crippen LogP) is 0.882. The fourth-order valence-electron chi connectivity index (χ4n) is 2.04. The third-order valence-electron chi connectivity index (χ3n) is 3.09. The molecule has 94 valence electrons. The van der Waals surface area contributed by atoms with Crippen molar-refractivity contribution in [3.8, 4) is 5.75 Å². The van der Waals surface area contributed by atoms with Gasteiger partial charge in [-0.05, 0) is 17.5 Å². The average Bonchev–Trinajstić information content (AvgIpc) is 2.23. The van der Waals surface area contributed by atoms with E-state index in [4.69, 9.17) is 0 Å². The van der Waals surface area contributed by atoms with E-state index in [2.05, 4.69) is 5.32 Å². The van der Waals surface area contributed by atoms with Crippen LogP contribution in [0.25, 0.3) is 0 Å². The summed E-state index contributed by atoms with van der Waals surface area (Å²) in [5.41, 5.74) is 0.891. The van der Waals surface area contributed by atoms with E-state index in [1.807, 2.05) is 19.1 Å². The van der Waals surface area contributed by atoms with Crippen molar-refractivity contribution in [2.75, 3.05) is 18.1 Å². The van der Waals surface area contributed by atoms with Crippen molar-refractivity contribution >= 4 is 9.84 Å². The fourth-order valence-corrected chi connectivity index (χ4v) is 3.40. The summed E-state index contributed by atoms with van der Waals surface area (Å²) < 4.78 is 22.0. The van der Waals surface area contributed by atoms with Crippen molar-refractivity contribution in [1.29, 1.82) is 0 Å². The molecule has 1 atom stereocenters. The number of hydrogen-bond donors (Lipinski definition) is 2. The summed E-state index contributed by atoms with van der Waals surface area (Å²) in [4.78, 5) is 0. The van der Waals surface area contributed by atoms with E-state index in [1.54, 1.807) is 12.1 Å². The number of nitrogens with one attached hydrogen (secondary N) is 1. The van der Waals surface area contributed by atoms with E-state index in [9.17, 15) is 13.5 Å². The second kappa shape index (κ2) is 4.66. The standard InChI is InChI=1S/C12H17NO3S/c1-9(11-4-2-3-5-12(11)14)6-13-10-7-17(15,16)8-10/h2-5,9-10,13-14H,6-8H2,1H3. The summed E-state index contributed by atoms with van der Waals surface area (Å²) >= 11 is 0. The summed E-state index contributed by atoms with van der Waals surface area (Å²) in [7, 11) is -2.76. The van der Waals surface area contributed by atoms with Gasteiger partial charge >= 0.3 is 0 Å². The van der Waals surface area contributed by atoms with Crippen molar-refractivity contribution < 1.29 is 13.5 Å². The summed E-state index contributed by atoms with van der Waals surface area (Å²) in [6.07, 6.45) is 0. The molecule has 1 saturated heterocycles. The third kappa shape index (κ3) is 2.98. The highest BCUT2D eigenvalue weighted by molar-refractivity contribution is 7.92. The van der Waals surface area contributed by atoms with Gasteiger partial charge in [-0.3, -0.25) is 0 Å². The Bertz CT molecular complexity index is 486. The highest BCUT2D eigenvalue weighted by atomic mass is 32.2. The maximum absolute atomic E-state index is 11.0. The first kappa shape index (κ1) is 12.4. The van der Waals surface area contributed by atoms with Crippen molar-refractivity contribution in [2.24, 2.45) is 0 Å². The van der Waals surface area contributed by atoms with E-state index >= 15 is 0 Å². The predicted molar refractivity (Wildman–Crippen MR) is 67.0 cm³/mol. The molecular weight excluding hydrogens is 238 g/mol. The smallest absolute Gasteiger partial charge is 0.153 e. The Labute approximate surface area is 102 Å². The van der Waals surface area contributed by atoms with Gasteiger partial charge in [-0.2, -0.15) is 0 Å². The zero-order valence-electron chi connectivity index (χ0n) is 9.76. The molecule has 2 rings (SSSR count). The van der Waals surface area contributed by atoms with Crippen molar-refractivity contribution in [3.63, 3.8) is 0 Å². The first-order valence-corrected chi connectivity index (χ1v) is 7.52. The SMILES string of the molecule is CC(CNC1CS(=O)(=O)C1)c1ccccc1O. The van der Waals surface area contributed by atoms with Crippen LogP contribution in [-0.2, 0) is 9.84 Å². The Balaban J connectivity index is 1.86. The molecule has 17 heavy (non-hydrogen) atoms. The molecule has 0 bridgehead atoms. The van der Waals surface area contributed by atoms with Gasteiger partial charge < -0.3 is 10.4 Å². The zero-order chi connectivity index (χ0) is 12.5. The molecule has 0 aromatic heterocycles. The first-order valence-electron chi connectivity index (χ1n) is 5.69. The summed E-state index contributed by atoms with van der Waals surface area (Å²) in [6, 6.07) is 7.31. The van der Waals surface area contributed by atoms with Gasteiger partial charge in [0.05, 0.1) is 11.5 Å². The normalized spacial score (nSPS) is 20.8. The van der Waals surface area contributed by atoms with Crippen molar-refractivity contribution in [1.82, 2.24) is 5.32 Å². The molecule has 1 aliphatic rings. The van der Waals surface area contributed by atoms with E-state index < -0.39 is 9.84 Å². The van der Waals surface area contributed by atoms with Gasteiger partial charge in [0, 0.05) is 12.6 Å². The number of aromatic hydroxyl groups is 1. The Morgan fingerprint density at radius 1 is 1.41 bits per heavy atom. The molecule has 0 aliphatic carbocycles. The Hall–Kier alpha value is -1.07. The van der Waals surface area contributed by atoms with Crippen LogP contribution in [0, 0.1) is 0 Å². The Morgan fingerprint density at radius 3 is 2.65 bits per heavy atom. The number of para-hydroxylation sites is 1. The second-order valence-corrected chi connectivity index (χ2v) is 6.80. The lowest BCUT2D eigenvalue weighted by Crippen LogP contribution is -2.51. The molecule has 5 heteroatoms. The van der Waals surface area contributed by atoms with Crippen LogP contribution in [0.2, 0.25) is 0 Å². The van der Waals surface area contributed by atoms with Gasteiger partial charge in [-0.1, -0.05) is 25.1 Å². The minimum absolute atomic E-state index is 0.0771. The highest BCUT2D eigenvalue weighted by Crippen LogP contribution is 2.24. The van der Waals surface area contributed by atoms with Gasteiger partial charge in [0.15, 0.2) is 9.84 Å². The topological polar surface area (TPSA) is 66.4 Å². The third-order valence-corrected chi connectivity index (χ3v) is 4.91. The van der Waals surface area contributed by atoms with E-state index in [0.717, 1.165) is 5.56 Å². The molecule has 0 amide bonds. The number of benzene rings is 1. The highest BCUT2D eigenvalue weighted by Gasteiger charge is 2.32. The van der Waals surface area contributed by atoms with Crippen LogP contribution in [0.1, 0.15) is 18.4 Å². The molecular formula is C12H17NO3S. The van der Waals surface area contributed by atoms with E-state index in [-0.39, 0.29) is 23.5 Å². The first-order chi connectivity index (χ1) is 7.98. The minimum Gasteiger partial charge on any atom is -0.508 e. The molecule has 0 radical (unpaired) electrons. The number of phenolic OH excluding ortho intramolecular Hbond substituents is 1. The number of rotatable bonds is 4. The van der Waals surface area contributed by atoms with Crippen LogP contribution in [0.4, 0.5) is 0 Å². The van der Waals surface area contributed by atoms with Crippen LogP contribution in [0.15, 0.2) is 24.3 Å². The Morgan fingerprint density at radius 2 is 2.06 bits per heavy atom. The molecule has 0 saturated carbocycles. The molecule has 1 unspecified atom stereocenters. The molecule has 0 spiro atoms. The number of sulfone groups is 1. The second-order valence-electron chi connectivity index (χ2n) is 4.64. The average molecular weight is 255 g/mol. The van der Waals surface area contributed by atoms with E-state index in [1.165, 1.54) is 0 Å². The zero-order valence-corrected chi connectivity index (χ0v) is 10.6. The van der Waals surface area contributed by atoms with Crippen molar-refractivity contribution in [3.05, 3.63) is 29.8 Å². The van der Waals surface area contributed by atoms with E-state index in [0.29, 0.717) is 12.3 Å². The summed E-state index contributed by atoms with van der Waals surface area (Å²) in [5, 5.41) is 12.9. The monoisotopic (exact) mass is 255 g/mol. The van der Waals surface area contributed by atoms with Crippen LogP contribution < -0.4 is 5.32 Å². The van der Waals surface area contributed by atoms with Gasteiger partial charge in [0.25, 0.3) is 0 Å². The van der Waals surface area contributed by atoms with Gasteiger partial charge in [0.2, 0.25) is 0 Å². The van der Waals surface area contributed by atoms with Crippen LogP contribution in [-0.4, -0.2) is 37.6 Å². The molecule has 1 fully saturated rings. The maximum atomic E-state index is 11.0. The summed E-state index contributed by atoms with van der Waals surface area (Å²) in [5.74, 6) is 0.934. The van der Waals surface area contributed by atoms with Gasteiger partial charge in [-0.25, -0.2) is 8.42 Å². The number of phenols is 1. The van der Waals surface area contributed by atoms with Crippen LogP contribution in [0.3, 0.4) is 0 Å². The quantitative estimate of drug-likeness (QED) is 0.838. The van der Waals surface area contributed by atoms with Crippen molar-refractivity contribution in [2.45, 2.75) is 18.9 Å². The lowest BCUT2D eigenvalue weighted by atomic mass is 10.00. The largest absolute Gasteiger partial charge is 0.508 e. The molecule has 4 nitrogen and oxygen atoms in total. The molecule has 1 aromatic carbocycles. The van der Waals surface area contributed by atoms with Crippen LogP contribution in [0.5, 0.6) is 5.75 Å².